The predicted octanol–water partition coefficient (Wildman–Crippen LogP) is 3.80. The topological polar surface area (TPSA) is 79.0 Å². The number of sulfonamides is 1. The van der Waals surface area contributed by atoms with E-state index in [4.69, 9.17) is 4.74 Å². The molecule has 0 bridgehead atoms. The van der Waals surface area contributed by atoms with E-state index < -0.39 is 15.9 Å². The van der Waals surface area contributed by atoms with Crippen LogP contribution in [-0.2, 0) is 27.9 Å². The van der Waals surface area contributed by atoms with Crippen LogP contribution in [0.25, 0.3) is 0 Å². The molecule has 0 aliphatic carbocycles. The number of hydrogen-bond acceptors (Lipinski definition) is 5. The number of methoxy groups -OCH3 is 1. The fourth-order valence-electron chi connectivity index (χ4n) is 4.28. The number of nitrogens with one attached hydrogen (secondary N) is 1. The van der Waals surface area contributed by atoms with Crippen molar-refractivity contribution < 1.29 is 17.9 Å². The lowest BCUT2D eigenvalue weighted by Gasteiger charge is -2.25. The molecule has 0 saturated carbocycles. The molecule has 8 heteroatoms. The summed E-state index contributed by atoms with van der Waals surface area (Å²) in [6.45, 7) is 3.09. The van der Waals surface area contributed by atoms with Crippen LogP contribution in [0.3, 0.4) is 0 Å². The number of rotatable bonds is 10. The molecule has 3 aromatic carbocycles. The SMILES string of the molecule is COc1ccccc1N(CC(=O)NCc1cccc(CN2CCCC2)c1)S(=O)(=O)c1ccccc1. The summed E-state index contributed by atoms with van der Waals surface area (Å²) in [6.07, 6.45) is 2.48. The first-order chi connectivity index (χ1) is 17.0. The summed E-state index contributed by atoms with van der Waals surface area (Å²) in [4.78, 5) is 15.5. The molecule has 0 spiro atoms. The molecule has 1 amide bonds. The van der Waals surface area contributed by atoms with Gasteiger partial charge in [0.2, 0.25) is 5.91 Å². The quantitative estimate of drug-likeness (QED) is 0.465. The van der Waals surface area contributed by atoms with Crippen molar-refractivity contribution in [1.82, 2.24) is 10.2 Å². The van der Waals surface area contributed by atoms with Crippen LogP contribution < -0.4 is 14.4 Å². The zero-order valence-electron chi connectivity index (χ0n) is 19.9. The van der Waals surface area contributed by atoms with Crippen molar-refractivity contribution in [2.45, 2.75) is 30.8 Å². The third-order valence-electron chi connectivity index (χ3n) is 6.06. The normalized spacial score (nSPS) is 14.0. The molecule has 1 fully saturated rings. The number of anilines is 1. The number of ether oxygens (including phenoxy) is 1. The van der Waals surface area contributed by atoms with Crippen molar-refractivity contribution in [2.75, 3.05) is 31.0 Å². The first-order valence-electron chi connectivity index (χ1n) is 11.7. The lowest BCUT2D eigenvalue weighted by molar-refractivity contribution is -0.119. The van der Waals surface area contributed by atoms with Gasteiger partial charge in [0.1, 0.15) is 12.3 Å². The Bertz CT molecular complexity index is 1240. The van der Waals surface area contributed by atoms with Crippen LogP contribution >= 0.6 is 0 Å². The Morgan fingerprint density at radius 2 is 1.63 bits per heavy atom. The second-order valence-electron chi connectivity index (χ2n) is 8.58. The van der Waals surface area contributed by atoms with Crippen LogP contribution in [0.4, 0.5) is 5.69 Å². The first-order valence-corrected chi connectivity index (χ1v) is 13.2. The van der Waals surface area contributed by atoms with Gasteiger partial charge in [-0.25, -0.2) is 8.42 Å². The van der Waals surface area contributed by atoms with E-state index >= 15 is 0 Å². The van der Waals surface area contributed by atoms with E-state index in [9.17, 15) is 13.2 Å². The van der Waals surface area contributed by atoms with E-state index in [-0.39, 0.29) is 11.4 Å². The third kappa shape index (κ3) is 6.21. The highest BCUT2D eigenvalue weighted by Crippen LogP contribution is 2.32. The number of amides is 1. The van der Waals surface area contributed by atoms with Gasteiger partial charge in [-0.05, 0) is 61.3 Å². The highest BCUT2D eigenvalue weighted by Gasteiger charge is 2.29. The fraction of sp³-hybridized carbons (Fsp3) is 0.296. The molecule has 3 aromatic rings. The lowest BCUT2D eigenvalue weighted by Crippen LogP contribution is -2.40. The number of benzene rings is 3. The van der Waals surface area contributed by atoms with Gasteiger partial charge in [0.15, 0.2) is 0 Å². The Morgan fingerprint density at radius 3 is 2.37 bits per heavy atom. The molecule has 0 aromatic heterocycles. The maximum Gasteiger partial charge on any atom is 0.264 e. The zero-order valence-corrected chi connectivity index (χ0v) is 20.7. The maximum atomic E-state index is 13.5. The highest BCUT2D eigenvalue weighted by atomic mass is 32.2. The number of carbonyl (C=O) groups excluding carboxylic acids is 1. The van der Waals surface area contributed by atoms with Gasteiger partial charge in [0, 0.05) is 13.1 Å². The molecule has 7 nitrogen and oxygen atoms in total. The van der Waals surface area contributed by atoms with Gasteiger partial charge in [0.25, 0.3) is 10.0 Å². The third-order valence-corrected chi connectivity index (χ3v) is 7.83. The molecule has 4 rings (SSSR count). The van der Waals surface area contributed by atoms with Gasteiger partial charge in [-0.1, -0.05) is 54.6 Å². The molecule has 1 N–H and O–H groups in total. The van der Waals surface area contributed by atoms with Gasteiger partial charge in [-0.15, -0.1) is 0 Å². The van der Waals surface area contributed by atoms with E-state index in [2.05, 4.69) is 22.3 Å². The van der Waals surface area contributed by atoms with E-state index in [1.807, 2.05) is 12.1 Å². The van der Waals surface area contributed by atoms with Gasteiger partial charge >= 0.3 is 0 Å². The summed E-state index contributed by atoms with van der Waals surface area (Å²) in [5, 5.41) is 2.88. The van der Waals surface area contributed by atoms with Crippen molar-refractivity contribution in [1.29, 1.82) is 0 Å². The predicted molar refractivity (Wildman–Crippen MR) is 137 cm³/mol. The van der Waals surface area contributed by atoms with Gasteiger partial charge in [-0.2, -0.15) is 0 Å². The molecular formula is C27H31N3O4S. The minimum Gasteiger partial charge on any atom is -0.495 e. The molecule has 0 radical (unpaired) electrons. The molecule has 1 aliphatic heterocycles. The van der Waals surface area contributed by atoms with Crippen molar-refractivity contribution in [3.63, 3.8) is 0 Å². The second kappa shape index (κ2) is 11.4. The van der Waals surface area contributed by atoms with E-state index in [1.165, 1.54) is 37.6 Å². The molecular weight excluding hydrogens is 462 g/mol. The average molecular weight is 494 g/mol. The standard InChI is InChI=1S/C27H31N3O4S/c1-34-26-15-6-5-14-25(26)30(35(32,33)24-12-3-2-4-13-24)21-27(31)28-19-22-10-9-11-23(18-22)20-29-16-7-8-17-29/h2-6,9-15,18H,7-8,16-17,19-21H2,1H3,(H,28,31). The van der Waals surface area contributed by atoms with Crippen LogP contribution in [-0.4, -0.2) is 46.0 Å². The number of carbonyl (C=O) groups is 1. The van der Waals surface area contributed by atoms with Crippen LogP contribution in [0.2, 0.25) is 0 Å². The van der Waals surface area contributed by atoms with Gasteiger partial charge < -0.3 is 10.1 Å². The monoisotopic (exact) mass is 493 g/mol. The lowest BCUT2D eigenvalue weighted by atomic mass is 10.1. The van der Waals surface area contributed by atoms with Crippen LogP contribution in [0.5, 0.6) is 5.75 Å². The van der Waals surface area contributed by atoms with Crippen LogP contribution in [0.1, 0.15) is 24.0 Å². The minimum atomic E-state index is -4.00. The Kier molecular flexibility index (Phi) is 8.05. The number of hydrogen-bond donors (Lipinski definition) is 1. The molecule has 184 valence electrons. The van der Waals surface area contributed by atoms with Gasteiger partial charge in [0.05, 0.1) is 17.7 Å². The summed E-state index contributed by atoms with van der Waals surface area (Å²) in [7, 11) is -2.52. The van der Waals surface area contributed by atoms with Crippen molar-refractivity contribution in [2.24, 2.45) is 0 Å². The van der Waals surface area contributed by atoms with E-state index in [1.54, 1.807) is 42.5 Å². The summed E-state index contributed by atoms with van der Waals surface area (Å²) < 4.78 is 33.5. The summed E-state index contributed by atoms with van der Waals surface area (Å²) in [6, 6.07) is 23.0. The molecule has 1 saturated heterocycles. The van der Waals surface area contributed by atoms with Gasteiger partial charge in [-0.3, -0.25) is 14.0 Å². The summed E-state index contributed by atoms with van der Waals surface area (Å²) >= 11 is 0. The number of likely N-dealkylation sites (tertiary alicyclic amines) is 1. The largest absolute Gasteiger partial charge is 0.495 e. The highest BCUT2D eigenvalue weighted by molar-refractivity contribution is 7.92. The number of para-hydroxylation sites is 2. The minimum absolute atomic E-state index is 0.105. The smallest absolute Gasteiger partial charge is 0.264 e. The molecule has 1 aliphatic rings. The molecule has 35 heavy (non-hydrogen) atoms. The maximum absolute atomic E-state index is 13.5. The van der Waals surface area contributed by atoms with Crippen molar-refractivity contribution in [3.8, 4) is 5.75 Å². The van der Waals surface area contributed by atoms with Crippen molar-refractivity contribution >= 4 is 21.6 Å². The zero-order chi connectivity index (χ0) is 24.7. The van der Waals surface area contributed by atoms with E-state index in [0.717, 1.165) is 29.5 Å². The Balaban J connectivity index is 1.50. The molecule has 0 atom stereocenters. The van der Waals surface area contributed by atoms with E-state index in [0.29, 0.717) is 18.0 Å². The molecule has 1 heterocycles. The Hall–Kier alpha value is -3.36. The average Bonchev–Trinajstić information content (AvgIpc) is 3.40. The van der Waals surface area contributed by atoms with Crippen LogP contribution in [0, 0.1) is 0 Å². The summed E-state index contributed by atoms with van der Waals surface area (Å²) in [5.41, 5.74) is 2.49. The first kappa shape index (κ1) is 24.8. The van der Waals surface area contributed by atoms with Crippen molar-refractivity contribution in [3.05, 3.63) is 90.0 Å². The summed E-state index contributed by atoms with van der Waals surface area (Å²) in [5.74, 6) is -0.0326. The fourth-order valence-corrected chi connectivity index (χ4v) is 5.73. The number of nitrogens with zero attached hydrogens (tertiary/aromatic N) is 2. The molecule has 0 unspecified atom stereocenters. The second-order valence-corrected chi connectivity index (χ2v) is 10.4. The Labute approximate surface area is 207 Å². The Morgan fingerprint density at radius 1 is 0.943 bits per heavy atom. The van der Waals surface area contributed by atoms with Crippen LogP contribution in [0.15, 0.2) is 83.8 Å².